The van der Waals surface area contributed by atoms with Crippen molar-refractivity contribution in [1.29, 1.82) is 0 Å². The third-order valence-electron chi connectivity index (χ3n) is 10.7. The van der Waals surface area contributed by atoms with Crippen LogP contribution in [0.25, 0.3) is 0 Å². The van der Waals surface area contributed by atoms with Crippen LogP contribution in [-0.2, 0) is 12.1 Å². The van der Waals surface area contributed by atoms with Crippen molar-refractivity contribution >= 4 is 17.3 Å². The average molecular weight is 616 g/mol. The Balaban J connectivity index is 1.30. The molecule has 4 aliphatic rings. The lowest BCUT2D eigenvalue weighted by Gasteiger charge is -2.45. The van der Waals surface area contributed by atoms with Gasteiger partial charge in [-0.15, -0.1) is 0 Å². The maximum absolute atomic E-state index is 14.5. The summed E-state index contributed by atoms with van der Waals surface area (Å²) >= 11 is 0. The van der Waals surface area contributed by atoms with Crippen LogP contribution in [0.3, 0.4) is 0 Å². The predicted molar refractivity (Wildman–Crippen MR) is 184 cm³/mol. The number of hydrogen-bond acceptors (Lipinski definition) is 5. The Morgan fingerprint density at radius 3 is 1.96 bits per heavy atom. The largest absolute Gasteiger partial charge is 0.456 e. The number of benzene rings is 3. The molecule has 0 aliphatic carbocycles. The molecule has 0 saturated carbocycles. The highest BCUT2D eigenvalue weighted by Crippen LogP contribution is 2.59. The Morgan fingerprint density at radius 2 is 1.37 bits per heavy atom. The normalized spacial score (nSPS) is 18.4. The number of aromatic amines is 1. The van der Waals surface area contributed by atoms with Gasteiger partial charge in [0.05, 0.1) is 0 Å². The second kappa shape index (κ2) is 11.8. The molecular formula is C39H45N5O2. The third-order valence-corrected chi connectivity index (χ3v) is 10.7. The van der Waals surface area contributed by atoms with E-state index in [1.54, 1.807) is 0 Å². The summed E-state index contributed by atoms with van der Waals surface area (Å²) < 4.78 is 7.00. The Bertz CT molecular complexity index is 1680. The Labute approximate surface area is 272 Å². The molecule has 4 aliphatic heterocycles. The SMILES string of the molecule is Cc1cc2c(cc1N1CCCCC1)Oc1cc(N3CCCCC3)c(C)cc1C21c2ccccc2C(=O)N1CCNCc1ccc[nH]1. The highest BCUT2D eigenvalue weighted by molar-refractivity contribution is 6.02. The maximum atomic E-state index is 14.5. The second-order valence-electron chi connectivity index (χ2n) is 13.6. The van der Waals surface area contributed by atoms with Gasteiger partial charge in [-0.3, -0.25) is 4.79 Å². The van der Waals surface area contributed by atoms with Crippen molar-refractivity contribution in [2.24, 2.45) is 0 Å². The summed E-state index contributed by atoms with van der Waals surface area (Å²) in [7, 11) is 0. The number of carbonyl (C=O) groups is 1. The van der Waals surface area contributed by atoms with Gasteiger partial charge in [-0.1, -0.05) is 18.2 Å². The summed E-state index contributed by atoms with van der Waals surface area (Å²) in [6.07, 6.45) is 9.39. The molecule has 1 aromatic heterocycles. The standard InChI is InChI=1S/C39H45N5O2/c1-27-22-32-36(24-34(27)42-17-7-3-8-18-42)46-37-25-35(43-19-9-4-10-20-43)28(2)23-33(37)39(32)31-14-6-5-13-30(31)38(45)44(39)21-16-40-26-29-12-11-15-41-29/h5-6,11-15,22-25,40-41H,3-4,7-10,16-21,26H2,1-2H3. The molecule has 238 valence electrons. The monoisotopic (exact) mass is 615 g/mol. The number of anilines is 2. The first-order valence-electron chi connectivity index (χ1n) is 17.3. The molecule has 0 unspecified atom stereocenters. The van der Waals surface area contributed by atoms with Gasteiger partial charge >= 0.3 is 0 Å². The third kappa shape index (κ3) is 4.70. The van der Waals surface area contributed by atoms with Crippen molar-refractivity contribution in [2.45, 2.75) is 64.5 Å². The molecule has 2 N–H and O–H groups in total. The van der Waals surface area contributed by atoms with Gasteiger partial charge in [0.1, 0.15) is 17.0 Å². The van der Waals surface area contributed by atoms with E-state index < -0.39 is 5.54 Å². The van der Waals surface area contributed by atoms with Crippen LogP contribution in [0, 0.1) is 13.8 Å². The van der Waals surface area contributed by atoms with Gasteiger partial charge in [-0.05, 0) is 99.4 Å². The van der Waals surface area contributed by atoms with Crippen molar-refractivity contribution in [3.63, 3.8) is 0 Å². The van der Waals surface area contributed by atoms with Crippen LogP contribution in [0.2, 0.25) is 0 Å². The van der Waals surface area contributed by atoms with E-state index in [-0.39, 0.29) is 5.91 Å². The van der Waals surface area contributed by atoms with Gasteiger partial charge in [0.25, 0.3) is 5.91 Å². The number of hydrogen-bond donors (Lipinski definition) is 2. The molecule has 7 heteroatoms. The summed E-state index contributed by atoms with van der Waals surface area (Å²) in [5.41, 5.74) is 9.25. The minimum atomic E-state index is -0.791. The zero-order chi connectivity index (χ0) is 31.3. The van der Waals surface area contributed by atoms with Crippen molar-refractivity contribution in [3.8, 4) is 11.5 Å². The minimum absolute atomic E-state index is 0.0755. The van der Waals surface area contributed by atoms with E-state index in [4.69, 9.17) is 4.74 Å². The number of H-pyrrole nitrogens is 1. The van der Waals surface area contributed by atoms with E-state index in [1.165, 1.54) is 61.0 Å². The topological polar surface area (TPSA) is 63.8 Å². The van der Waals surface area contributed by atoms with Crippen LogP contribution < -0.4 is 19.9 Å². The number of nitrogens with zero attached hydrogens (tertiary/aromatic N) is 3. The molecule has 2 saturated heterocycles. The lowest BCUT2D eigenvalue weighted by Crippen LogP contribution is -2.49. The lowest BCUT2D eigenvalue weighted by atomic mass is 9.73. The highest BCUT2D eigenvalue weighted by Gasteiger charge is 2.56. The molecular weight excluding hydrogens is 570 g/mol. The van der Waals surface area contributed by atoms with E-state index >= 15 is 0 Å². The molecule has 0 atom stereocenters. The van der Waals surface area contributed by atoms with Crippen LogP contribution in [0.1, 0.15) is 82.4 Å². The van der Waals surface area contributed by atoms with Crippen LogP contribution in [0.15, 0.2) is 66.9 Å². The number of fused-ring (bicyclic) bond motifs is 6. The number of piperidine rings is 2. The summed E-state index contributed by atoms with van der Waals surface area (Å²) in [6, 6.07) is 21.5. The molecule has 0 radical (unpaired) electrons. The molecule has 4 aromatic rings. The fraction of sp³-hybridized carbons (Fsp3) is 0.410. The summed E-state index contributed by atoms with van der Waals surface area (Å²) in [5, 5.41) is 3.59. The Kier molecular flexibility index (Phi) is 7.52. The Morgan fingerprint density at radius 1 is 0.761 bits per heavy atom. The average Bonchev–Trinajstić information content (AvgIpc) is 3.70. The molecule has 0 bridgehead atoms. The first-order chi connectivity index (χ1) is 22.6. The fourth-order valence-electron chi connectivity index (χ4n) is 8.47. The van der Waals surface area contributed by atoms with Gasteiger partial charge in [-0.2, -0.15) is 0 Å². The first kappa shape index (κ1) is 29.2. The number of ether oxygens (including phenoxy) is 1. The van der Waals surface area contributed by atoms with E-state index in [1.807, 2.05) is 24.4 Å². The first-order valence-corrected chi connectivity index (χ1v) is 17.3. The summed E-state index contributed by atoms with van der Waals surface area (Å²) in [4.78, 5) is 25.0. The van der Waals surface area contributed by atoms with Crippen molar-refractivity contribution in [1.82, 2.24) is 15.2 Å². The number of nitrogens with one attached hydrogen (secondary N) is 2. The zero-order valence-corrected chi connectivity index (χ0v) is 27.2. The molecule has 1 spiro atoms. The number of amides is 1. The van der Waals surface area contributed by atoms with E-state index in [9.17, 15) is 4.79 Å². The zero-order valence-electron chi connectivity index (χ0n) is 27.2. The highest BCUT2D eigenvalue weighted by atomic mass is 16.5. The number of aromatic nitrogens is 1. The van der Waals surface area contributed by atoms with E-state index in [0.717, 1.165) is 72.2 Å². The van der Waals surface area contributed by atoms with Gasteiger partial charge in [0.2, 0.25) is 0 Å². The van der Waals surface area contributed by atoms with Crippen molar-refractivity contribution < 1.29 is 9.53 Å². The predicted octanol–water partition coefficient (Wildman–Crippen LogP) is 7.26. The molecule has 1 amide bonds. The van der Waals surface area contributed by atoms with Crippen molar-refractivity contribution in [3.05, 3.63) is 106 Å². The summed E-state index contributed by atoms with van der Waals surface area (Å²) in [5.74, 6) is 1.80. The Hall–Kier alpha value is -4.23. The maximum Gasteiger partial charge on any atom is 0.255 e. The molecule has 8 rings (SSSR count). The fourth-order valence-corrected chi connectivity index (χ4v) is 8.47. The smallest absolute Gasteiger partial charge is 0.255 e. The molecule has 3 aromatic carbocycles. The number of carbonyl (C=O) groups excluding carboxylic acids is 1. The number of rotatable bonds is 7. The second-order valence-corrected chi connectivity index (χ2v) is 13.6. The van der Waals surface area contributed by atoms with Crippen LogP contribution >= 0.6 is 0 Å². The van der Waals surface area contributed by atoms with E-state index in [0.29, 0.717) is 13.1 Å². The van der Waals surface area contributed by atoms with Crippen LogP contribution in [0.5, 0.6) is 11.5 Å². The van der Waals surface area contributed by atoms with Gasteiger partial charge in [-0.25, -0.2) is 0 Å². The molecule has 46 heavy (non-hydrogen) atoms. The van der Waals surface area contributed by atoms with Gasteiger partial charge in [0.15, 0.2) is 0 Å². The molecule has 7 nitrogen and oxygen atoms in total. The molecule has 5 heterocycles. The quantitative estimate of drug-likeness (QED) is 0.215. The van der Waals surface area contributed by atoms with Crippen molar-refractivity contribution in [2.75, 3.05) is 49.1 Å². The lowest BCUT2D eigenvalue weighted by molar-refractivity contribution is 0.0667. The summed E-state index contributed by atoms with van der Waals surface area (Å²) in [6.45, 7) is 10.7. The van der Waals surface area contributed by atoms with Gasteiger partial charge < -0.3 is 29.7 Å². The molecule has 2 fully saturated rings. The van der Waals surface area contributed by atoms with Gasteiger partial charge in [0, 0.05) is 97.9 Å². The van der Waals surface area contributed by atoms with Crippen LogP contribution in [-0.4, -0.2) is 55.1 Å². The number of aryl methyl sites for hydroxylation is 2. The minimum Gasteiger partial charge on any atom is -0.456 e. The van der Waals surface area contributed by atoms with E-state index in [2.05, 4.69) is 81.3 Å². The van der Waals surface area contributed by atoms with Crippen LogP contribution in [0.4, 0.5) is 11.4 Å².